The van der Waals surface area contributed by atoms with E-state index < -0.39 is 22.9 Å². The van der Waals surface area contributed by atoms with E-state index in [2.05, 4.69) is 5.10 Å². The van der Waals surface area contributed by atoms with Crippen LogP contribution in [-0.2, 0) is 22.3 Å². The highest BCUT2D eigenvalue weighted by Crippen LogP contribution is 2.35. The van der Waals surface area contributed by atoms with Gasteiger partial charge in [0.05, 0.1) is 35.3 Å². The number of halogens is 4. The molecule has 0 saturated carbocycles. The molecule has 2 amide bonds. The Balaban J connectivity index is 1.62. The van der Waals surface area contributed by atoms with Crippen LogP contribution >= 0.6 is 23.4 Å². The summed E-state index contributed by atoms with van der Waals surface area (Å²) in [5.74, 6) is -0.847. The summed E-state index contributed by atoms with van der Waals surface area (Å²) >= 11 is 6.49. The van der Waals surface area contributed by atoms with E-state index >= 15 is 0 Å². The third-order valence-electron chi connectivity index (χ3n) is 4.92. The molecule has 0 bridgehead atoms. The minimum absolute atomic E-state index is 0.00578. The second-order valence-electron chi connectivity index (χ2n) is 7.39. The molecule has 1 aromatic heterocycles. The summed E-state index contributed by atoms with van der Waals surface area (Å²) in [7, 11) is 0. The maximum atomic E-state index is 13.4. The number of Topliss-reactive ketones (excluding diaryl/α,β-unsaturated/α-hetero) is 1. The molecule has 2 heterocycles. The summed E-state index contributed by atoms with van der Waals surface area (Å²) < 4.78 is 41.7. The van der Waals surface area contributed by atoms with Gasteiger partial charge < -0.3 is 0 Å². The lowest BCUT2D eigenvalue weighted by atomic mass is 10.1. The molecule has 2 aromatic carbocycles. The smallest absolute Gasteiger partial charge is 0.298 e. The number of carbonyl (C=O) groups excluding carboxylic acids is 3. The molecular weight excluding hydrogens is 479 g/mol. The van der Waals surface area contributed by atoms with E-state index in [9.17, 15) is 27.6 Å². The molecule has 0 spiro atoms. The molecule has 1 saturated heterocycles. The first-order chi connectivity index (χ1) is 15.5. The molecule has 3 aromatic rings. The molecule has 6 nitrogen and oxygen atoms in total. The Hall–Kier alpha value is -3.11. The van der Waals surface area contributed by atoms with Crippen LogP contribution in [-0.4, -0.2) is 38.2 Å². The molecule has 0 radical (unpaired) electrons. The standard InChI is InChI=1S/C22H15ClF3N3O3S/c1-12(30)10-28-20(31)19(33-21(28)32)7-13-2-5-18-15(6-13)9-27-29(18)11-14-3-4-16(23)8-17(14)22(24,25)26/h2-9H,10-11H2,1H3/b19-7-. The number of nitrogens with zero attached hydrogens (tertiary/aromatic N) is 3. The highest BCUT2D eigenvalue weighted by atomic mass is 35.5. The summed E-state index contributed by atoms with van der Waals surface area (Å²) in [5, 5.41) is 4.33. The summed E-state index contributed by atoms with van der Waals surface area (Å²) in [5.41, 5.74) is 0.412. The van der Waals surface area contributed by atoms with Gasteiger partial charge in [-0.15, -0.1) is 0 Å². The van der Waals surface area contributed by atoms with Crippen LogP contribution in [0, 0.1) is 0 Å². The number of thioether (sulfide) groups is 1. The fourth-order valence-corrected chi connectivity index (χ4v) is 4.45. The maximum absolute atomic E-state index is 13.4. The Kier molecular flexibility index (Phi) is 6.06. The first kappa shape index (κ1) is 23.1. The van der Waals surface area contributed by atoms with Gasteiger partial charge in [0.1, 0.15) is 5.78 Å². The Morgan fingerprint density at radius 2 is 1.94 bits per heavy atom. The number of imide groups is 1. The fourth-order valence-electron chi connectivity index (χ4n) is 3.44. The van der Waals surface area contributed by atoms with Gasteiger partial charge in [0.2, 0.25) is 0 Å². The normalized spacial score (nSPS) is 15.8. The summed E-state index contributed by atoms with van der Waals surface area (Å²) in [6.45, 7) is 0.900. The highest BCUT2D eigenvalue weighted by Gasteiger charge is 2.36. The minimum Gasteiger partial charge on any atom is -0.298 e. The zero-order chi connectivity index (χ0) is 23.9. The predicted octanol–water partition coefficient (Wildman–Crippen LogP) is 5.38. The molecule has 1 aliphatic heterocycles. The van der Waals surface area contributed by atoms with Crippen LogP contribution in [0.15, 0.2) is 47.5 Å². The number of hydrogen-bond acceptors (Lipinski definition) is 5. The van der Waals surface area contributed by atoms with Gasteiger partial charge in [0.25, 0.3) is 11.1 Å². The van der Waals surface area contributed by atoms with Gasteiger partial charge >= 0.3 is 6.18 Å². The number of aromatic nitrogens is 2. The SMILES string of the molecule is CC(=O)CN1C(=O)S/C(=C\c2ccc3c(cnn3Cc3ccc(Cl)cc3C(F)(F)F)c2)C1=O. The summed E-state index contributed by atoms with van der Waals surface area (Å²) in [6, 6.07) is 8.67. The van der Waals surface area contributed by atoms with Crippen molar-refractivity contribution < 1.29 is 27.6 Å². The summed E-state index contributed by atoms with van der Waals surface area (Å²) in [4.78, 5) is 36.8. The number of amides is 2. The molecule has 0 aliphatic carbocycles. The number of ketones is 1. The topological polar surface area (TPSA) is 72.3 Å². The average molecular weight is 494 g/mol. The van der Waals surface area contributed by atoms with Gasteiger partial charge in [-0.25, -0.2) is 0 Å². The molecule has 0 N–H and O–H groups in total. The third kappa shape index (κ3) is 4.81. The number of alkyl halides is 3. The second kappa shape index (κ2) is 8.68. The average Bonchev–Trinajstić information content (AvgIpc) is 3.24. The van der Waals surface area contributed by atoms with Crippen molar-refractivity contribution in [3.63, 3.8) is 0 Å². The minimum atomic E-state index is -4.55. The van der Waals surface area contributed by atoms with E-state index in [1.165, 1.54) is 36.0 Å². The van der Waals surface area contributed by atoms with Crippen LogP contribution in [0.5, 0.6) is 0 Å². The van der Waals surface area contributed by atoms with Crippen LogP contribution in [0.4, 0.5) is 18.0 Å². The molecule has 0 atom stereocenters. The monoisotopic (exact) mass is 493 g/mol. The Morgan fingerprint density at radius 1 is 1.18 bits per heavy atom. The Labute approximate surface area is 195 Å². The number of rotatable bonds is 5. The van der Waals surface area contributed by atoms with Crippen molar-refractivity contribution in [3.8, 4) is 0 Å². The predicted molar refractivity (Wildman–Crippen MR) is 119 cm³/mol. The van der Waals surface area contributed by atoms with E-state index in [0.717, 1.165) is 22.7 Å². The zero-order valence-electron chi connectivity index (χ0n) is 17.0. The number of fused-ring (bicyclic) bond motifs is 1. The number of carbonyl (C=O) groups is 3. The van der Waals surface area contributed by atoms with Gasteiger partial charge in [-0.3, -0.25) is 24.0 Å². The van der Waals surface area contributed by atoms with E-state index in [1.54, 1.807) is 18.2 Å². The van der Waals surface area contributed by atoms with Crippen molar-refractivity contribution in [2.24, 2.45) is 0 Å². The van der Waals surface area contributed by atoms with Gasteiger partial charge in [-0.05, 0) is 60.2 Å². The van der Waals surface area contributed by atoms with Crippen LogP contribution in [0.25, 0.3) is 17.0 Å². The maximum Gasteiger partial charge on any atom is 0.416 e. The van der Waals surface area contributed by atoms with Crippen LogP contribution in [0.2, 0.25) is 5.02 Å². The van der Waals surface area contributed by atoms with Gasteiger partial charge in [-0.1, -0.05) is 23.7 Å². The first-order valence-electron chi connectivity index (χ1n) is 9.59. The molecule has 1 fully saturated rings. The second-order valence-corrected chi connectivity index (χ2v) is 8.82. The molecule has 0 unspecified atom stereocenters. The quantitative estimate of drug-likeness (QED) is 0.446. The fraction of sp³-hybridized carbons (Fsp3) is 0.182. The third-order valence-corrected chi connectivity index (χ3v) is 6.06. The molecular formula is C22H15ClF3N3O3S. The molecule has 1 aliphatic rings. The molecule has 11 heteroatoms. The van der Waals surface area contributed by atoms with Crippen LogP contribution < -0.4 is 0 Å². The zero-order valence-corrected chi connectivity index (χ0v) is 18.6. The summed E-state index contributed by atoms with van der Waals surface area (Å²) in [6.07, 6.45) is -1.51. The number of benzene rings is 2. The Bertz CT molecular complexity index is 1330. The molecule has 170 valence electrons. The largest absolute Gasteiger partial charge is 0.416 e. The number of hydrogen-bond donors (Lipinski definition) is 0. The van der Waals surface area contributed by atoms with Crippen molar-refractivity contribution in [1.29, 1.82) is 0 Å². The highest BCUT2D eigenvalue weighted by molar-refractivity contribution is 8.18. The van der Waals surface area contributed by atoms with Gasteiger partial charge in [0.15, 0.2) is 0 Å². The molecule has 4 rings (SSSR count). The van der Waals surface area contributed by atoms with E-state index in [-0.39, 0.29) is 34.4 Å². The first-order valence-corrected chi connectivity index (χ1v) is 10.8. The van der Waals surface area contributed by atoms with Gasteiger partial charge in [0, 0.05) is 10.4 Å². The lowest BCUT2D eigenvalue weighted by Gasteiger charge is -2.14. The van der Waals surface area contributed by atoms with Crippen molar-refractivity contribution in [2.75, 3.05) is 6.54 Å². The van der Waals surface area contributed by atoms with Crippen molar-refractivity contribution in [3.05, 3.63) is 69.2 Å². The Morgan fingerprint density at radius 3 is 2.64 bits per heavy atom. The van der Waals surface area contributed by atoms with E-state index in [1.807, 2.05) is 0 Å². The van der Waals surface area contributed by atoms with Crippen molar-refractivity contribution >= 4 is 57.3 Å². The van der Waals surface area contributed by atoms with E-state index in [0.29, 0.717) is 16.5 Å². The lowest BCUT2D eigenvalue weighted by molar-refractivity contribution is -0.138. The van der Waals surface area contributed by atoms with E-state index in [4.69, 9.17) is 11.6 Å². The van der Waals surface area contributed by atoms with Crippen molar-refractivity contribution in [2.45, 2.75) is 19.6 Å². The van der Waals surface area contributed by atoms with Crippen molar-refractivity contribution in [1.82, 2.24) is 14.7 Å². The van der Waals surface area contributed by atoms with Crippen LogP contribution in [0.1, 0.15) is 23.6 Å². The molecule has 33 heavy (non-hydrogen) atoms. The van der Waals surface area contributed by atoms with Gasteiger partial charge in [-0.2, -0.15) is 18.3 Å². The van der Waals surface area contributed by atoms with Crippen LogP contribution in [0.3, 0.4) is 0 Å². The lowest BCUT2D eigenvalue weighted by Crippen LogP contribution is -2.32.